The molecule has 1 N–H and O–H groups in total. The van der Waals surface area contributed by atoms with Crippen LogP contribution >= 0.6 is 0 Å². The van der Waals surface area contributed by atoms with Crippen molar-refractivity contribution in [3.63, 3.8) is 0 Å². The minimum atomic E-state index is 0.256. The summed E-state index contributed by atoms with van der Waals surface area (Å²) in [4.78, 5) is 14.1. The lowest BCUT2D eigenvalue weighted by Gasteiger charge is -2.31. The molecule has 0 aromatic heterocycles. The zero-order valence-electron chi connectivity index (χ0n) is 12.7. The van der Waals surface area contributed by atoms with Gasteiger partial charge in [0, 0.05) is 6.04 Å². The molecule has 1 heterocycles. The van der Waals surface area contributed by atoms with Gasteiger partial charge in [-0.15, -0.1) is 0 Å². The summed E-state index contributed by atoms with van der Waals surface area (Å²) in [5.74, 6) is 1.66. The van der Waals surface area contributed by atoms with Gasteiger partial charge >= 0.3 is 0 Å². The average molecular weight is 254 g/mol. The Bertz CT molecular complexity index is 263. The van der Waals surface area contributed by atoms with E-state index >= 15 is 0 Å². The number of nitrogens with one attached hydrogen (secondary N) is 1. The molecule has 18 heavy (non-hydrogen) atoms. The fourth-order valence-electron chi connectivity index (χ4n) is 2.73. The van der Waals surface area contributed by atoms with Gasteiger partial charge in [0.15, 0.2) is 0 Å². The van der Waals surface area contributed by atoms with Crippen molar-refractivity contribution in [3.8, 4) is 0 Å². The predicted octanol–water partition coefficient (Wildman–Crippen LogP) is 3.01. The first-order valence-electron chi connectivity index (χ1n) is 7.46. The highest BCUT2D eigenvalue weighted by molar-refractivity contribution is 5.80. The highest BCUT2D eigenvalue weighted by atomic mass is 16.2. The number of carbonyl (C=O) groups is 1. The molecule has 1 amide bonds. The Morgan fingerprint density at radius 1 is 1.17 bits per heavy atom. The summed E-state index contributed by atoms with van der Waals surface area (Å²) in [6.07, 6.45) is 4.91. The monoisotopic (exact) mass is 254 g/mol. The van der Waals surface area contributed by atoms with E-state index in [1.165, 1.54) is 12.8 Å². The molecule has 2 unspecified atom stereocenters. The first-order valence-corrected chi connectivity index (χ1v) is 7.46. The molecule has 3 heteroatoms. The molecular weight excluding hydrogens is 224 g/mol. The van der Waals surface area contributed by atoms with Gasteiger partial charge in [0.25, 0.3) is 0 Å². The molecule has 1 aliphatic rings. The molecule has 2 atom stereocenters. The number of hydrogen-bond donors (Lipinski definition) is 1. The van der Waals surface area contributed by atoms with Crippen LogP contribution in [0.3, 0.4) is 0 Å². The predicted molar refractivity (Wildman–Crippen MR) is 76.2 cm³/mol. The maximum atomic E-state index is 12.0. The van der Waals surface area contributed by atoms with Crippen LogP contribution in [0.5, 0.6) is 0 Å². The zero-order valence-corrected chi connectivity index (χ0v) is 12.7. The van der Waals surface area contributed by atoms with Gasteiger partial charge in [-0.05, 0) is 31.6 Å². The van der Waals surface area contributed by atoms with Crippen molar-refractivity contribution in [1.82, 2.24) is 10.2 Å². The Labute approximate surface area is 112 Å². The van der Waals surface area contributed by atoms with Crippen molar-refractivity contribution >= 4 is 5.91 Å². The summed E-state index contributed by atoms with van der Waals surface area (Å²) in [5.41, 5.74) is 0. The van der Waals surface area contributed by atoms with Gasteiger partial charge in [-0.25, -0.2) is 0 Å². The first kappa shape index (κ1) is 15.5. The Morgan fingerprint density at radius 3 is 2.39 bits per heavy atom. The van der Waals surface area contributed by atoms with Crippen molar-refractivity contribution in [1.29, 1.82) is 0 Å². The maximum Gasteiger partial charge on any atom is 0.238 e. The van der Waals surface area contributed by atoms with Gasteiger partial charge in [-0.3, -0.25) is 10.1 Å². The molecule has 0 aromatic carbocycles. The first-order chi connectivity index (χ1) is 8.41. The highest BCUT2D eigenvalue weighted by Gasteiger charge is 2.33. The van der Waals surface area contributed by atoms with Crippen LogP contribution in [0, 0.1) is 11.8 Å². The third kappa shape index (κ3) is 4.60. The van der Waals surface area contributed by atoms with Crippen molar-refractivity contribution in [3.05, 3.63) is 0 Å². The van der Waals surface area contributed by atoms with Gasteiger partial charge in [-0.2, -0.15) is 0 Å². The van der Waals surface area contributed by atoms with Gasteiger partial charge in [0.2, 0.25) is 5.91 Å². The van der Waals surface area contributed by atoms with E-state index in [0.717, 1.165) is 18.8 Å². The molecule has 0 bridgehead atoms. The summed E-state index contributed by atoms with van der Waals surface area (Å²) >= 11 is 0. The smallest absolute Gasteiger partial charge is 0.238 e. The summed E-state index contributed by atoms with van der Waals surface area (Å²) < 4.78 is 0. The van der Waals surface area contributed by atoms with Gasteiger partial charge in [-0.1, -0.05) is 40.5 Å². The Kier molecular flexibility index (Phi) is 6.13. The molecule has 1 aliphatic heterocycles. The van der Waals surface area contributed by atoms with E-state index in [9.17, 15) is 4.79 Å². The van der Waals surface area contributed by atoms with Crippen molar-refractivity contribution in [2.24, 2.45) is 11.8 Å². The van der Waals surface area contributed by atoms with Crippen molar-refractivity contribution in [2.75, 3.05) is 6.54 Å². The fourth-order valence-corrected chi connectivity index (χ4v) is 2.73. The van der Waals surface area contributed by atoms with E-state index in [-0.39, 0.29) is 12.1 Å². The van der Waals surface area contributed by atoms with Crippen LogP contribution in [0.15, 0.2) is 0 Å². The van der Waals surface area contributed by atoms with Gasteiger partial charge in [0.1, 0.15) is 0 Å². The lowest BCUT2D eigenvalue weighted by atomic mass is 10.0. The van der Waals surface area contributed by atoms with E-state index in [0.29, 0.717) is 18.5 Å². The van der Waals surface area contributed by atoms with E-state index in [4.69, 9.17) is 0 Å². The summed E-state index contributed by atoms with van der Waals surface area (Å²) in [6, 6.07) is 0.370. The molecule has 1 saturated heterocycles. The van der Waals surface area contributed by atoms with Crippen LogP contribution in [0.1, 0.15) is 60.3 Å². The second kappa shape index (κ2) is 7.13. The van der Waals surface area contributed by atoms with Crippen LogP contribution < -0.4 is 5.32 Å². The topological polar surface area (TPSA) is 32.3 Å². The highest BCUT2D eigenvalue weighted by Crippen LogP contribution is 2.20. The summed E-state index contributed by atoms with van der Waals surface area (Å²) in [5, 5.41) is 3.34. The zero-order chi connectivity index (χ0) is 13.7. The van der Waals surface area contributed by atoms with Gasteiger partial charge < -0.3 is 4.90 Å². The molecule has 0 radical (unpaired) electrons. The van der Waals surface area contributed by atoms with Crippen LogP contribution in [-0.2, 0) is 4.79 Å². The van der Waals surface area contributed by atoms with E-state index in [1.807, 2.05) is 0 Å². The quantitative estimate of drug-likeness (QED) is 0.757. The number of hydrogen-bond acceptors (Lipinski definition) is 2. The molecular formula is C15H30N2O. The standard InChI is InChI=1S/C15H30N2O/c1-11(2)7-6-8-13(5)17-14(9-12(3)4)16-10-15(17)18/h11-14,16H,6-10H2,1-5H3. The molecule has 1 rings (SSSR count). The van der Waals surface area contributed by atoms with Crippen molar-refractivity contribution < 1.29 is 4.79 Å². The second-order valence-corrected chi connectivity index (χ2v) is 6.50. The third-order valence-corrected chi connectivity index (χ3v) is 3.69. The van der Waals surface area contributed by atoms with E-state index in [1.54, 1.807) is 0 Å². The molecule has 106 valence electrons. The summed E-state index contributed by atoms with van der Waals surface area (Å²) in [6.45, 7) is 11.7. The summed E-state index contributed by atoms with van der Waals surface area (Å²) in [7, 11) is 0. The third-order valence-electron chi connectivity index (χ3n) is 3.69. The Hall–Kier alpha value is -0.570. The molecule has 0 aromatic rings. The van der Waals surface area contributed by atoms with E-state index in [2.05, 4.69) is 44.8 Å². The molecule has 0 spiro atoms. The number of amides is 1. The average Bonchev–Trinajstić information content (AvgIpc) is 2.58. The van der Waals surface area contributed by atoms with Crippen LogP contribution in [-0.4, -0.2) is 29.6 Å². The Balaban J connectivity index is 2.46. The largest absolute Gasteiger partial charge is 0.323 e. The number of rotatable bonds is 7. The minimum absolute atomic E-state index is 0.256. The lowest BCUT2D eigenvalue weighted by Crippen LogP contribution is -2.44. The van der Waals surface area contributed by atoms with Crippen LogP contribution in [0.2, 0.25) is 0 Å². The molecule has 0 saturated carbocycles. The SMILES string of the molecule is CC(C)CCCC(C)N1C(=O)CNC1CC(C)C. The fraction of sp³-hybridized carbons (Fsp3) is 0.933. The minimum Gasteiger partial charge on any atom is -0.323 e. The maximum absolute atomic E-state index is 12.0. The molecule has 1 fully saturated rings. The number of carbonyl (C=O) groups excluding carboxylic acids is 1. The second-order valence-electron chi connectivity index (χ2n) is 6.50. The Morgan fingerprint density at radius 2 is 1.83 bits per heavy atom. The lowest BCUT2D eigenvalue weighted by molar-refractivity contribution is -0.130. The normalized spacial score (nSPS) is 22.3. The van der Waals surface area contributed by atoms with Crippen LogP contribution in [0.4, 0.5) is 0 Å². The van der Waals surface area contributed by atoms with Crippen molar-refractivity contribution in [2.45, 2.75) is 72.5 Å². The van der Waals surface area contributed by atoms with Crippen LogP contribution in [0.25, 0.3) is 0 Å². The molecule has 0 aliphatic carbocycles. The van der Waals surface area contributed by atoms with E-state index < -0.39 is 0 Å². The number of nitrogens with zero attached hydrogens (tertiary/aromatic N) is 1. The molecule has 3 nitrogen and oxygen atoms in total. The van der Waals surface area contributed by atoms with Gasteiger partial charge in [0.05, 0.1) is 12.7 Å².